The number of aromatic nitrogens is 5. The molecule has 0 saturated heterocycles. The van der Waals surface area contributed by atoms with Crippen molar-refractivity contribution in [3.8, 4) is 0 Å². The first-order chi connectivity index (χ1) is 4.47. The van der Waals surface area contributed by atoms with Crippen LogP contribution in [0, 0.1) is 0 Å². The summed E-state index contributed by atoms with van der Waals surface area (Å²) < 4.78 is 4.54. The fourth-order valence-electron chi connectivity index (χ4n) is 0.490. The Morgan fingerprint density at radius 3 is 3.22 bits per heavy atom. The summed E-state index contributed by atoms with van der Waals surface area (Å²) in [4.78, 5) is 0. The maximum Gasteiger partial charge on any atom is 0.300 e. The van der Waals surface area contributed by atoms with Crippen molar-refractivity contribution < 1.29 is 4.52 Å². The molecule has 2 rings (SSSR count). The molecule has 0 bridgehead atoms. The number of nitrogens with zero attached hydrogens (tertiary/aromatic N) is 5. The van der Waals surface area contributed by atoms with E-state index in [4.69, 9.17) is 0 Å². The highest BCUT2D eigenvalue weighted by molar-refractivity contribution is 5.63. The zero-order valence-corrected chi connectivity index (χ0v) is 4.22. The molecule has 0 aromatic carbocycles. The highest BCUT2D eigenvalue weighted by Gasteiger charge is 1.97. The van der Waals surface area contributed by atoms with Crippen molar-refractivity contribution in [1.82, 2.24) is 25.8 Å². The van der Waals surface area contributed by atoms with Crippen molar-refractivity contribution in [2.45, 2.75) is 0 Å². The fourth-order valence-corrected chi connectivity index (χ4v) is 0.490. The first kappa shape index (κ1) is 4.30. The highest BCUT2D eigenvalue weighted by atomic mass is 16.5. The SMILES string of the molecule is c1nnnc2onnc12. The van der Waals surface area contributed by atoms with Crippen LogP contribution in [0.2, 0.25) is 0 Å². The minimum atomic E-state index is 0.310. The van der Waals surface area contributed by atoms with Gasteiger partial charge in [0, 0.05) is 5.27 Å². The average molecular weight is 123 g/mol. The average Bonchev–Trinajstić information content (AvgIpc) is 2.33. The molecule has 0 N–H and O–H groups in total. The van der Waals surface area contributed by atoms with Gasteiger partial charge in [0.15, 0.2) is 5.52 Å². The summed E-state index contributed by atoms with van der Waals surface area (Å²) in [6.07, 6.45) is 1.43. The van der Waals surface area contributed by atoms with Crippen LogP contribution in [0.25, 0.3) is 11.2 Å². The van der Waals surface area contributed by atoms with Crippen molar-refractivity contribution in [3.05, 3.63) is 6.20 Å². The van der Waals surface area contributed by atoms with Crippen LogP contribution in [0.3, 0.4) is 0 Å². The molecule has 0 aliphatic rings. The molecule has 0 aliphatic carbocycles. The van der Waals surface area contributed by atoms with Gasteiger partial charge >= 0.3 is 0 Å². The largest absolute Gasteiger partial charge is 0.314 e. The van der Waals surface area contributed by atoms with Crippen LogP contribution in [0.5, 0.6) is 0 Å². The van der Waals surface area contributed by atoms with E-state index in [1.807, 2.05) is 0 Å². The Bertz CT molecular complexity index is 286. The van der Waals surface area contributed by atoms with E-state index in [1.54, 1.807) is 0 Å². The first-order valence-corrected chi connectivity index (χ1v) is 2.23. The van der Waals surface area contributed by atoms with Gasteiger partial charge in [-0.25, -0.2) is 0 Å². The van der Waals surface area contributed by atoms with Crippen molar-refractivity contribution in [1.29, 1.82) is 0 Å². The molecule has 6 nitrogen and oxygen atoms in total. The Morgan fingerprint density at radius 2 is 2.33 bits per heavy atom. The van der Waals surface area contributed by atoms with Gasteiger partial charge in [0.2, 0.25) is 0 Å². The number of fused-ring (bicyclic) bond motifs is 1. The van der Waals surface area contributed by atoms with E-state index < -0.39 is 0 Å². The normalized spacial score (nSPS) is 10.2. The van der Waals surface area contributed by atoms with Crippen molar-refractivity contribution in [2.24, 2.45) is 0 Å². The summed E-state index contributed by atoms with van der Waals surface area (Å²) in [5, 5.41) is 17.0. The molecule has 0 radical (unpaired) electrons. The van der Waals surface area contributed by atoms with E-state index in [0.717, 1.165) is 0 Å². The van der Waals surface area contributed by atoms with Gasteiger partial charge in [-0.05, 0) is 5.21 Å². The van der Waals surface area contributed by atoms with Gasteiger partial charge in [0.05, 0.1) is 6.20 Å². The van der Waals surface area contributed by atoms with Gasteiger partial charge < -0.3 is 4.52 Å². The second kappa shape index (κ2) is 1.44. The quantitative estimate of drug-likeness (QED) is 0.465. The topological polar surface area (TPSA) is 77.6 Å². The summed E-state index contributed by atoms with van der Waals surface area (Å²) in [5.41, 5.74) is 0.829. The lowest BCUT2D eigenvalue weighted by Gasteiger charge is -1.74. The van der Waals surface area contributed by atoms with Gasteiger partial charge in [0.25, 0.3) is 5.71 Å². The van der Waals surface area contributed by atoms with Gasteiger partial charge in [-0.3, -0.25) is 0 Å². The van der Waals surface area contributed by atoms with Crippen molar-refractivity contribution in [2.75, 3.05) is 0 Å². The third-order valence-corrected chi connectivity index (χ3v) is 0.862. The van der Waals surface area contributed by atoms with Gasteiger partial charge in [0.1, 0.15) is 0 Å². The second-order valence-electron chi connectivity index (χ2n) is 1.40. The van der Waals surface area contributed by atoms with Gasteiger partial charge in [-0.1, -0.05) is 5.10 Å². The Hall–Kier alpha value is -1.59. The molecular weight excluding hydrogens is 122 g/mol. The van der Waals surface area contributed by atoms with Crippen LogP contribution in [0.15, 0.2) is 10.7 Å². The molecule has 0 spiro atoms. The Labute approximate surface area is 48.9 Å². The van der Waals surface area contributed by atoms with Crippen LogP contribution in [-0.2, 0) is 0 Å². The second-order valence-corrected chi connectivity index (χ2v) is 1.40. The lowest BCUT2D eigenvalue weighted by molar-refractivity contribution is 0.414. The van der Waals surface area contributed by atoms with Crippen LogP contribution in [0.4, 0.5) is 0 Å². The molecule has 0 unspecified atom stereocenters. The first-order valence-electron chi connectivity index (χ1n) is 2.23. The van der Waals surface area contributed by atoms with Gasteiger partial charge in [-0.15, -0.1) is 10.2 Å². The van der Waals surface area contributed by atoms with E-state index in [0.29, 0.717) is 11.2 Å². The van der Waals surface area contributed by atoms with E-state index >= 15 is 0 Å². The maximum atomic E-state index is 4.54. The zero-order valence-electron chi connectivity index (χ0n) is 4.22. The molecule has 0 fully saturated rings. The van der Waals surface area contributed by atoms with Crippen molar-refractivity contribution >= 4 is 11.2 Å². The monoisotopic (exact) mass is 123 g/mol. The van der Waals surface area contributed by atoms with Gasteiger partial charge in [-0.2, -0.15) is 0 Å². The molecule has 0 atom stereocenters. The summed E-state index contributed by atoms with van der Waals surface area (Å²) in [6, 6.07) is 0. The molecule has 44 valence electrons. The predicted molar refractivity (Wildman–Crippen MR) is 25.2 cm³/mol. The molecule has 0 saturated carbocycles. The van der Waals surface area contributed by atoms with E-state index in [9.17, 15) is 0 Å². The lowest BCUT2D eigenvalue weighted by Crippen LogP contribution is -1.83. The molecule has 9 heavy (non-hydrogen) atoms. The summed E-state index contributed by atoms with van der Waals surface area (Å²) in [7, 11) is 0. The lowest BCUT2D eigenvalue weighted by atomic mass is 10.6. The molecule has 2 aromatic rings. The summed E-state index contributed by atoms with van der Waals surface area (Å²) in [5.74, 6) is 0. The number of rotatable bonds is 0. The van der Waals surface area contributed by atoms with E-state index in [-0.39, 0.29) is 0 Å². The summed E-state index contributed by atoms with van der Waals surface area (Å²) in [6.45, 7) is 0. The third kappa shape index (κ3) is 0.525. The number of hydrogen-bond donors (Lipinski definition) is 0. The Morgan fingerprint density at radius 1 is 1.33 bits per heavy atom. The molecule has 0 amide bonds. The predicted octanol–water partition coefficient (Wildman–Crippen LogP) is -0.592. The highest BCUT2D eigenvalue weighted by Crippen LogP contribution is 1.99. The smallest absolute Gasteiger partial charge is 0.300 e. The van der Waals surface area contributed by atoms with Crippen LogP contribution < -0.4 is 0 Å². The minimum absolute atomic E-state index is 0.310. The minimum Gasteiger partial charge on any atom is -0.314 e. The third-order valence-electron chi connectivity index (χ3n) is 0.862. The standard InChI is InChI=1S/C3HN5O/c1-2-3(6-7-4-1)9-8-5-2/h1H. The molecule has 2 heterocycles. The van der Waals surface area contributed by atoms with Crippen LogP contribution in [-0.4, -0.2) is 25.8 Å². The van der Waals surface area contributed by atoms with E-state index in [2.05, 4.69) is 30.3 Å². The molecule has 0 aliphatic heterocycles. The Balaban J connectivity index is 2.95. The number of hydrogen-bond acceptors (Lipinski definition) is 6. The van der Waals surface area contributed by atoms with Crippen LogP contribution >= 0.6 is 0 Å². The van der Waals surface area contributed by atoms with Crippen LogP contribution in [0.1, 0.15) is 0 Å². The van der Waals surface area contributed by atoms with E-state index in [1.165, 1.54) is 6.20 Å². The summed E-state index contributed by atoms with van der Waals surface area (Å²) >= 11 is 0. The molecular formula is C3HN5O. The molecule has 2 aromatic heterocycles. The fraction of sp³-hybridized carbons (Fsp3) is 0. The molecule has 6 heteroatoms. The maximum absolute atomic E-state index is 4.54. The Kier molecular flexibility index (Phi) is 0.689. The van der Waals surface area contributed by atoms with Crippen molar-refractivity contribution in [3.63, 3.8) is 0 Å². The zero-order chi connectivity index (χ0) is 6.10.